The molecule has 1 aromatic carbocycles. The molecule has 2 N–H and O–H groups in total. The minimum absolute atomic E-state index is 0.0981. The lowest BCUT2D eigenvalue weighted by Crippen LogP contribution is -2.03. The van der Waals surface area contributed by atoms with Crippen molar-refractivity contribution in [3.63, 3.8) is 0 Å². The molecule has 0 unspecified atom stereocenters. The Morgan fingerprint density at radius 3 is 2.71 bits per heavy atom. The Labute approximate surface area is 132 Å². The molecule has 0 aliphatic rings. The van der Waals surface area contributed by atoms with Gasteiger partial charge < -0.3 is 15.2 Å². The Balaban J connectivity index is 2.55. The second-order valence-corrected chi connectivity index (χ2v) is 5.34. The Morgan fingerprint density at radius 1 is 1.33 bits per heavy atom. The first-order valence-corrected chi connectivity index (χ1v) is 7.51. The molecule has 0 saturated carbocycles. The van der Waals surface area contributed by atoms with Crippen LogP contribution >= 0.6 is 15.9 Å². The van der Waals surface area contributed by atoms with E-state index >= 15 is 0 Å². The first-order chi connectivity index (χ1) is 10.1. The van der Waals surface area contributed by atoms with Crippen LogP contribution in [0.2, 0.25) is 0 Å². The number of aromatic hydroxyl groups is 1. The summed E-state index contributed by atoms with van der Waals surface area (Å²) in [4.78, 5) is 9.11. The van der Waals surface area contributed by atoms with Crippen LogP contribution in [-0.4, -0.2) is 29.2 Å². The maximum atomic E-state index is 9.68. The predicted molar refractivity (Wildman–Crippen MR) is 86.9 cm³/mol. The molecular weight excluding hydrogens is 334 g/mol. The highest BCUT2D eigenvalue weighted by molar-refractivity contribution is 9.10. The smallest absolute Gasteiger partial charge is 0.161 e. The zero-order chi connectivity index (χ0) is 15.4. The van der Waals surface area contributed by atoms with Gasteiger partial charge in [0, 0.05) is 12.6 Å². The molecule has 0 saturated heterocycles. The van der Waals surface area contributed by atoms with Crippen LogP contribution in [0.1, 0.15) is 19.0 Å². The highest BCUT2D eigenvalue weighted by atomic mass is 79.9. The van der Waals surface area contributed by atoms with Gasteiger partial charge in [-0.2, -0.15) is 0 Å². The number of methoxy groups -OCH3 is 1. The Hall–Kier alpha value is -1.82. The van der Waals surface area contributed by atoms with Gasteiger partial charge in [0.1, 0.15) is 5.82 Å². The number of nitrogens with zero attached hydrogens (tertiary/aromatic N) is 2. The van der Waals surface area contributed by atoms with E-state index < -0.39 is 0 Å². The maximum Gasteiger partial charge on any atom is 0.161 e. The molecule has 0 bridgehead atoms. The first kappa shape index (κ1) is 15.6. The number of benzene rings is 1. The number of halogens is 1. The molecular formula is C15H18BrN3O2. The zero-order valence-corrected chi connectivity index (χ0v) is 13.9. The van der Waals surface area contributed by atoms with E-state index in [1.807, 2.05) is 7.05 Å². The van der Waals surface area contributed by atoms with Gasteiger partial charge in [-0.15, -0.1) is 0 Å². The average molecular weight is 352 g/mol. The van der Waals surface area contributed by atoms with Crippen LogP contribution in [0, 0.1) is 0 Å². The third kappa shape index (κ3) is 3.26. The van der Waals surface area contributed by atoms with Crippen molar-refractivity contribution in [1.29, 1.82) is 0 Å². The largest absolute Gasteiger partial charge is 0.504 e. The molecule has 21 heavy (non-hydrogen) atoms. The Bertz CT molecular complexity index is 647. The third-order valence-corrected chi connectivity index (χ3v) is 3.91. The monoisotopic (exact) mass is 351 g/mol. The van der Waals surface area contributed by atoms with Crippen LogP contribution in [0.5, 0.6) is 11.5 Å². The van der Waals surface area contributed by atoms with Crippen molar-refractivity contribution in [2.24, 2.45) is 0 Å². The van der Waals surface area contributed by atoms with E-state index in [2.05, 4.69) is 38.1 Å². The first-order valence-electron chi connectivity index (χ1n) is 6.72. The molecule has 6 heteroatoms. The molecule has 0 radical (unpaired) electrons. The third-order valence-electron chi connectivity index (χ3n) is 3.08. The predicted octanol–water partition coefficient (Wildman–Crippen LogP) is 3.61. The Morgan fingerprint density at radius 2 is 2.10 bits per heavy atom. The number of phenolic OH excluding ortho intramolecular Hbond substituents is 1. The molecule has 0 atom stereocenters. The van der Waals surface area contributed by atoms with Crippen molar-refractivity contribution in [2.45, 2.75) is 19.8 Å². The van der Waals surface area contributed by atoms with E-state index in [1.165, 1.54) is 7.11 Å². The van der Waals surface area contributed by atoms with E-state index in [4.69, 9.17) is 4.74 Å². The fourth-order valence-electron chi connectivity index (χ4n) is 2.01. The van der Waals surface area contributed by atoms with Gasteiger partial charge in [0.05, 0.1) is 17.3 Å². The van der Waals surface area contributed by atoms with E-state index in [9.17, 15) is 5.11 Å². The van der Waals surface area contributed by atoms with Gasteiger partial charge >= 0.3 is 0 Å². The van der Waals surface area contributed by atoms with Gasteiger partial charge in [0.25, 0.3) is 0 Å². The summed E-state index contributed by atoms with van der Waals surface area (Å²) in [6.45, 7) is 2.11. The molecule has 0 fully saturated rings. The summed E-state index contributed by atoms with van der Waals surface area (Å²) in [6.07, 6.45) is 1.86. The normalized spacial score (nSPS) is 10.5. The van der Waals surface area contributed by atoms with Crippen molar-refractivity contribution in [1.82, 2.24) is 9.97 Å². The molecule has 0 amide bonds. The van der Waals surface area contributed by atoms with Crippen LogP contribution in [0.3, 0.4) is 0 Å². The van der Waals surface area contributed by atoms with Crippen molar-refractivity contribution in [3.05, 3.63) is 28.4 Å². The average Bonchev–Trinajstić information content (AvgIpc) is 2.50. The quantitative estimate of drug-likeness (QED) is 0.860. The molecule has 1 heterocycles. The summed E-state index contributed by atoms with van der Waals surface area (Å²) >= 11 is 3.54. The summed E-state index contributed by atoms with van der Waals surface area (Å²) in [7, 11) is 3.34. The minimum atomic E-state index is 0.0981. The van der Waals surface area contributed by atoms with Crippen molar-refractivity contribution in [2.75, 3.05) is 19.5 Å². The minimum Gasteiger partial charge on any atom is -0.504 e. The molecule has 0 aliphatic carbocycles. The second-order valence-electron chi connectivity index (χ2n) is 4.54. The number of aryl methyl sites for hydroxylation is 1. The summed E-state index contributed by atoms with van der Waals surface area (Å²) in [6, 6.07) is 5.09. The number of aromatic nitrogens is 2. The number of hydrogen-bond donors (Lipinski definition) is 2. The molecule has 2 rings (SSSR count). The summed E-state index contributed by atoms with van der Waals surface area (Å²) in [5.74, 6) is 1.85. The lowest BCUT2D eigenvalue weighted by molar-refractivity contribution is 0.373. The van der Waals surface area contributed by atoms with Gasteiger partial charge in [-0.3, -0.25) is 0 Å². The highest BCUT2D eigenvalue weighted by Crippen LogP contribution is 2.32. The van der Waals surface area contributed by atoms with E-state index in [-0.39, 0.29) is 5.75 Å². The van der Waals surface area contributed by atoms with Crippen LogP contribution in [0.4, 0.5) is 5.82 Å². The van der Waals surface area contributed by atoms with Crippen LogP contribution in [0.25, 0.3) is 11.4 Å². The van der Waals surface area contributed by atoms with Crippen molar-refractivity contribution >= 4 is 21.7 Å². The second kappa shape index (κ2) is 6.76. The van der Waals surface area contributed by atoms with Gasteiger partial charge in [-0.25, -0.2) is 9.97 Å². The SMILES string of the molecule is CCCc1nc(-c2ccc(O)c(OC)c2)nc(NC)c1Br. The molecule has 2 aromatic rings. The molecule has 1 aromatic heterocycles. The lowest BCUT2D eigenvalue weighted by atomic mass is 10.1. The molecule has 0 aliphatic heterocycles. The van der Waals surface area contributed by atoms with E-state index in [1.54, 1.807) is 18.2 Å². The number of anilines is 1. The van der Waals surface area contributed by atoms with Gasteiger partial charge in [-0.1, -0.05) is 13.3 Å². The topological polar surface area (TPSA) is 67.3 Å². The standard InChI is InChI=1S/C15H18BrN3O2/c1-4-5-10-13(16)15(17-2)19-14(18-10)9-6-7-11(20)12(8-9)21-3/h6-8,20H,4-5H2,1-3H3,(H,17,18,19). The van der Waals surface area contributed by atoms with Crippen LogP contribution < -0.4 is 10.1 Å². The highest BCUT2D eigenvalue weighted by Gasteiger charge is 2.13. The summed E-state index contributed by atoms with van der Waals surface area (Å²) in [5, 5.41) is 12.7. The number of hydrogen-bond acceptors (Lipinski definition) is 5. The van der Waals surface area contributed by atoms with Gasteiger partial charge in [-0.05, 0) is 40.5 Å². The van der Waals surface area contributed by atoms with Crippen LogP contribution in [0.15, 0.2) is 22.7 Å². The Kier molecular flexibility index (Phi) is 5.01. The fraction of sp³-hybridized carbons (Fsp3) is 0.333. The van der Waals surface area contributed by atoms with Crippen LogP contribution in [-0.2, 0) is 6.42 Å². The molecule has 112 valence electrons. The lowest BCUT2D eigenvalue weighted by Gasteiger charge is -2.11. The molecule has 5 nitrogen and oxygen atoms in total. The summed E-state index contributed by atoms with van der Waals surface area (Å²) in [5.41, 5.74) is 1.75. The number of ether oxygens (including phenoxy) is 1. The zero-order valence-electron chi connectivity index (χ0n) is 12.3. The van der Waals surface area contributed by atoms with Crippen molar-refractivity contribution < 1.29 is 9.84 Å². The van der Waals surface area contributed by atoms with E-state index in [0.717, 1.165) is 34.4 Å². The maximum absolute atomic E-state index is 9.68. The van der Waals surface area contributed by atoms with Crippen molar-refractivity contribution in [3.8, 4) is 22.9 Å². The van der Waals surface area contributed by atoms with Gasteiger partial charge in [0.2, 0.25) is 0 Å². The number of nitrogens with one attached hydrogen (secondary N) is 1. The van der Waals surface area contributed by atoms with E-state index in [0.29, 0.717) is 11.6 Å². The number of rotatable bonds is 5. The fourth-order valence-corrected chi connectivity index (χ4v) is 2.58. The summed E-state index contributed by atoms with van der Waals surface area (Å²) < 4.78 is 6.02. The molecule has 0 spiro atoms. The van der Waals surface area contributed by atoms with Gasteiger partial charge in [0.15, 0.2) is 17.3 Å². The number of phenols is 1.